The van der Waals surface area contributed by atoms with E-state index in [1.165, 1.54) is 11.8 Å². The lowest BCUT2D eigenvalue weighted by Gasteiger charge is -2.17. The van der Waals surface area contributed by atoms with Crippen molar-refractivity contribution in [3.8, 4) is 5.75 Å². The van der Waals surface area contributed by atoms with Crippen LogP contribution in [0.5, 0.6) is 5.75 Å². The number of benzene rings is 4. The Bertz CT molecular complexity index is 1840. The molecule has 46 heavy (non-hydrogen) atoms. The van der Waals surface area contributed by atoms with E-state index in [0.29, 0.717) is 40.7 Å². The molecule has 1 unspecified atom stereocenters. The molecule has 10 heteroatoms. The van der Waals surface area contributed by atoms with Gasteiger partial charge in [0, 0.05) is 27.8 Å². The summed E-state index contributed by atoms with van der Waals surface area (Å²) < 4.78 is 10.8. The van der Waals surface area contributed by atoms with Gasteiger partial charge in [-0.1, -0.05) is 78.0 Å². The van der Waals surface area contributed by atoms with Gasteiger partial charge in [0.05, 0.1) is 6.61 Å². The first-order chi connectivity index (χ1) is 22.4. The van der Waals surface area contributed by atoms with Crippen LogP contribution in [0.2, 0.25) is 0 Å². The first kappa shape index (κ1) is 31.8. The SMILES string of the molecule is CCOc1ccccc1/C=C(/NC(=O)c1ccccc1)C(=O)Nc1cccc(SC(C(=O)Nc2cc(C)on2)c2ccccc2)c1. The van der Waals surface area contributed by atoms with E-state index in [1.54, 1.807) is 73.7 Å². The van der Waals surface area contributed by atoms with Crippen LogP contribution in [0.25, 0.3) is 6.08 Å². The lowest BCUT2D eigenvalue weighted by molar-refractivity contribution is -0.116. The topological polar surface area (TPSA) is 123 Å². The van der Waals surface area contributed by atoms with Crippen LogP contribution in [-0.4, -0.2) is 29.5 Å². The summed E-state index contributed by atoms with van der Waals surface area (Å²) in [6.07, 6.45) is 1.58. The summed E-state index contributed by atoms with van der Waals surface area (Å²) in [7, 11) is 0. The van der Waals surface area contributed by atoms with Crippen molar-refractivity contribution >= 4 is 47.1 Å². The van der Waals surface area contributed by atoms with Gasteiger partial charge in [-0.05, 0) is 61.9 Å². The molecule has 0 spiro atoms. The summed E-state index contributed by atoms with van der Waals surface area (Å²) in [6, 6.07) is 34.1. The molecule has 0 aliphatic rings. The molecule has 9 nitrogen and oxygen atoms in total. The third kappa shape index (κ3) is 8.52. The van der Waals surface area contributed by atoms with Gasteiger partial charge in [0.15, 0.2) is 5.82 Å². The van der Waals surface area contributed by atoms with Crippen molar-refractivity contribution in [2.24, 2.45) is 0 Å². The molecule has 0 saturated heterocycles. The number of nitrogens with one attached hydrogen (secondary N) is 3. The quantitative estimate of drug-likeness (QED) is 0.0977. The summed E-state index contributed by atoms with van der Waals surface area (Å²) in [4.78, 5) is 40.9. The summed E-state index contributed by atoms with van der Waals surface area (Å²) >= 11 is 1.32. The normalized spacial score (nSPS) is 11.7. The second kappa shape index (κ2) is 15.4. The Morgan fingerprint density at radius 1 is 0.870 bits per heavy atom. The maximum absolute atomic E-state index is 13.7. The highest BCUT2D eigenvalue weighted by Crippen LogP contribution is 2.37. The molecule has 5 rings (SSSR count). The molecule has 0 bridgehead atoms. The van der Waals surface area contributed by atoms with Gasteiger partial charge >= 0.3 is 0 Å². The van der Waals surface area contributed by atoms with Gasteiger partial charge in [-0.2, -0.15) is 0 Å². The van der Waals surface area contributed by atoms with Gasteiger partial charge in [-0.25, -0.2) is 0 Å². The van der Waals surface area contributed by atoms with Crippen molar-refractivity contribution in [2.45, 2.75) is 24.0 Å². The molecule has 1 atom stereocenters. The molecule has 0 fully saturated rings. The standard InChI is InChI=1S/C36H32N4O5S/c1-3-44-31-20-11-10-17-27(31)22-30(38-34(41)26-15-8-5-9-16-26)35(42)37-28-18-12-19-29(23-28)46-33(25-13-6-4-7-14-25)36(43)39-32-21-24(2)45-40-32/h4-23,33H,3H2,1-2H3,(H,37,42)(H,38,41)(H,39,40,43)/b30-22+. The Kier molecular flexibility index (Phi) is 10.6. The van der Waals surface area contributed by atoms with E-state index >= 15 is 0 Å². The van der Waals surface area contributed by atoms with E-state index < -0.39 is 17.1 Å². The zero-order valence-corrected chi connectivity index (χ0v) is 26.0. The van der Waals surface area contributed by atoms with Gasteiger partial charge in [0.25, 0.3) is 11.8 Å². The third-order valence-electron chi connectivity index (χ3n) is 6.61. The predicted molar refractivity (Wildman–Crippen MR) is 179 cm³/mol. The van der Waals surface area contributed by atoms with Crippen LogP contribution in [0.1, 0.15) is 39.4 Å². The van der Waals surface area contributed by atoms with Crippen molar-refractivity contribution in [1.82, 2.24) is 10.5 Å². The smallest absolute Gasteiger partial charge is 0.272 e. The Balaban J connectivity index is 1.39. The number of rotatable bonds is 12. The molecule has 4 aromatic carbocycles. The Labute approximate surface area is 271 Å². The fraction of sp³-hybridized carbons (Fsp3) is 0.111. The molecule has 3 N–H and O–H groups in total. The zero-order chi connectivity index (χ0) is 32.3. The van der Waals surface area contributed by atoms with Crippen LogP contribution in [-0.2, 0) is 9.59 Å². The number of amides is 3. The van der Waals surface area contributed by atoms with E-state index in [0.717, 1.165) is 10.5 Å². The second-order valence-electron chi connectivity index (χ2n) is 10.1. The Hall–Kier alpha value is -5.61. The molecule has 0 aliphatic heterocycles. The number of carbonyl (C=O) groups excluding carboxylic acids is 3. The van der Waals surface area contributed by atoms with Gasteiger partial charge in [0.1, 0.15) is 22.5 Å². The summed E-state index contributed by atoms with van der Waals surface area (Å²) in [5.41, 5.74) is 2.34. The van der Waals surface area contributed by atoms with Crippen LogP contribution >= 0.6 is 11.8 Å². The molecular formula is C36H32N4O5S. The van der Waals surface area contributed by atoms with E-state index in [9.17, 15) is 14.4 Å². The molecular weight excluding hydrogens is 600 g/mol. The van der Waals surface area contributed by atoms with Crippen LogP contribution in [0, 0.1) is 6.92 Å². The van der Waals surface area contributed by atoms with Crippen molar-refractivity contribution in [1.29, 1.82) is 0 Å². The zero-order valence-electron chi connectivity index (χ0n) is 25.2. The number of para-hydroxylation sites is 1. The Morgan fingerprint density at radius 3 is 2.30 bits per heavy atom. The molecule has 0 radical (unpaired) electrons. The fourth-order valence-electron chi connectivity index (χ4n) is 4.48. The molecule has 232 valence electrons. The average molecular weight is 633 g/mol. The Morgan fingerprint density at radius 2 is 1.59 bits per heavy atom. The van der Waals surface area contributed by atoms with E-state index in [4.69, 9.17) is 9.26 Å². The highest BCUT2D eigenvalue weighted by Gasteiger charge is 2.24. The van der Waals surface area contributed by atoms with Crippen LogP contribution in [0.3, 0.4) is 0 Å². The summed E-state index contributed by atoms with van der Waals surface area (Å²) in [6.45, 7) is 4.06. The summed E-state index contributed by atoms with van der Waals surface area (Å²) in [5, 5.41) is 11.7. The minimum atomic E-state index is -0.625. The van der Waals surface area contributed by atoms with Crippen molar-refractivity contribution in [3.63, 3.8) is 0 Å². The molecule has 1 aromatic heterocycles. The largest absolute Gasteiger partial charge is 0.493 e. The third-order valence-corrected chi connectivity index (χ3v) is 7.86. The molecule has 5 aromatic rings. The molecule has 0 saturated carbocycles. The number of anilines is 2. The minimum Gasteiger partial charge on any atom is -0.493 e. The van der Waals surface area contributed by atoms with E-state index in [2.05, 4.69) is 21.1 Å². The van der Waals surface area contributed by atoms with Crippen LogP contribution in [0.15, 0.2) is 130 Å². The first-order valence-corrected chi connectivity index (χ1v) is 15.4. The number of carbonyl (C=O) groups is 3. The minimum absolute atomic E-state index is 0.0310. The monoisotopic (exact) mass is 632 g/mol. The maximum Gasteiger partial charge on any atom is 0.272 e. The number of hydrogen-bond donors (Lipinski definition) is 3. The maximum atomic E-state index is 13.7. The number of aromatic nitrogens is 1. The van der Waals surface area contributed by atoms with E-state index in [-0.39, 0.29) is 11.6 Å². The molecule has 3 amide bonds. The number of thioether (sulfide) groups is 1. The van der Waals surface area contributed by atoms with Crippen molar-refractivity contribution < 1.29 is 23.6 Å². The molecule has 0 aliphatic carbocycles. The number of ether oxygens (including phenoxy) is 1. The van der Waals surface area contributed by atoms with Crippen molar-refractivity contribution in [3.05, 3.63) is 143 Å². The van der Waals surface area contributed by atoms with Gasteiger partial charge in [-0.3, -0.25) is 14.4 Å². The number of hydrogen-bond acceptors (Lipinski definition) is 7. The first-order valence-electron chi connectivity index (χ1n) is 14.6. The lowest BCUT2D eigenvalue weighted by Crippen LogP contribution is -2.30. The second-order valence-corrected chi connectivity index (χ2v) is 11.2. The molecule has 1 heterocycles. The lowest BCUT2D eigenvalue weighted by atomic mass is 10.1. The van der Waals surface area contributed by atoms with Gasteiger partial charge in [-0.15, -0.1) is 11.8 Å². The fourth-order valence-corrected chi connectivity index (χ4v) is 5.57. The predicted octanol–water partition coefficient (Wildman–Crippen LogP) is 7.26. The number of aryl methyl sites for hydroxylation is 1. The summed E-state index contributed by atoms with van der Waals surface area (Å²) in [5.74, 6) is 0.246. The van der Waals surface area contributed by atoms with Crippen LogP contribution < -0.4 is 20.7 Å². The number of nitrogens with zero attached hydrogens (tertiary/aromatic N) is 1. The average Bonchev–Trinajstić information content (AvgIpc) is 3.49. The highest BCUT2D eigenvalue weighted by molar-refractivity contribution is 8.00. The van der Waals surface area contributed by atoms with Crippen LogP contribution in [0.4, 0.5) is 11.5 Å². The highest BCUT2D eigenvalue weighted by atomic mass is 32.2. The van der Waals surface area contributed by atoms with Gasteiger partial charge in [0.2, 0.25) is 5.91 Å². The van der Waals surface area contributed by atoms with Crippen molar-refractivity contribution in [2.75, 3.05) is 17.2 Å². The van der Waals surface area contributed by atoms with Gasteiger partial charge < -0.3 is 25.2 Å². The van der Waals surface area contributed by atoms with E-state index in [1.807, 2.05) is 61.5 Å².